The molecule has 2 heterocycles. The molecule has 0 spiro atoms. The van der Waals surface area contributed by atoms with Crippen LogP contribution < -0.4 is 24.3 Å². The monoisotopic (exact) mass is 514 g/mol. The minimum atomic E-state index is -0.290. The highest BCUT2D eigenvalue weighted by Crippen LogP contribution is 2.33. The van der Waals surface area contributed by atoms with Crippen molar-refractivity contribution in [3.8, 4) is 23.0 Å². The molecule has 1 aliphatic heterocycles. The number of fused-ring (bicyclic) bond motifs is 1. The predicted molar refractivity (Wildman–Crippen MR) is 143 cm³/mol. The Morgan fingerprint density at radius 1 is 0.816 bits per heavy atom. The fraction of sp³-hybridized carbons (Fsp3) is 0.233. The van der Waals surface area contributed by atoms with Gasteiger partial charge in [0, 0.05) is 18.8 Å². The number of amides is 1. The molecule has 0 saturated heterocycles. The second-order valence-corrected chi connectivity index (χ2v) is 9.11. The summed E-state index contributed by atoms with van der Waals surface area (Å²) in [6.07, 6.45) is 0. The van der Waals surface area contributed by atoms with Crippen LogP contribution in [0, 0.1) is 6.92 Å². The molecular formula is C30H30N2O6. The van der Waals surface area contributed by atoms with Crippen LogP contribution in [0.5, 0.6) is 23.0 Å². The Kier molecular flexibility index (Phi) is 7.51. The highest BCUT2D eigenvalue weighted by atomic mass is 16.7. The maximum absolute atomic E-state index is 12.7. The van der Waals surface area contributed by atoms with E-state index >= 15 is 0 Å². The van der Waals surface area contributed by atoms with E-state index in [9.17, 15) is 4.79 Å². The number of anilines is 1. The number of carbonyl (C=O) groups is 1. The number of methoxy groups -OCH3 is 2. The van der Waals surface area contributed by atoms with Gasteiger partial charge in [0.15, 0.2) is 28.8 Å². The van der Waals surface area contributed by atoms with Gasteiger partial charge in [0.2, 0.25) is 6.79 Å². The van der Waals surface area contributed by atoms with Crippen molar-refractivity contribution in [2.45, 2.75) is 26.6 Å². The van der Waals surface area contributed by atoms with Crippen LogP contribution in [0.25, 0.3) is 0 Å². The third kappa shape index (κ3) is 5.92. The van der Waals surface area contributed by atoms with Crippen molar-refractivity contribution in [3.63, 3.8) is 0 Å². The number of ether oxygens (including phenoxy) is 4. The first-order valence-electron chi connectivity index (χ1n) is 12.3. The number of carbonyl (C=O) groups excluding carboxylic acids is 1. The highest BCUT2D eigenvalue weighted by Gasteiger charge is 2.18. The molecule has 1 N–H and O–H groups in total. The molecule has 196 valence electrons. The molecule has 1 aliphatic rings. The van der Waals surface area contributed by atoms with Crippen molar-refractivity contribution >= 4 is 11.6 Å². The molecule has 1 aromatic heterocycles. The predicted octanol–water partition coefficient (Wildman–Crippen LogP) is 5.79. The molecule has 3 aromatic carbocycles. The minimum absolute atomic E-state index is 0.230. The van der Waals surface area contributed by atoms with Gasteiger partial charge in [-0.15, -0.1) is 0 Å². The van der Waals surface area contributed by atoms with Gasteiger partial charge >= 0.3 is 0 Å². The molecule has 0 unspecified atom stereocenters. The molecular weight excluding hydrogens is 484 g/mol. The van der Waals surface area contributed by atoms with Gasteiger partial charge in [-0.05, 0) is 66.6 Å². The van der Waals surface area contributed by atoms with Gasteiger partial charge in [-0.2, -0.15) is 0 Å². The smallest absolute Gasteiger partial charge is 0.291 e. The zero-order valence-corrected chi connectivity index (χ0v) is 21.7. The Labute approximate surface area is 221 Å². The number of hydrogen-bond donors (Lipinski definition) is 1. The largest absolute Gasteiger partial charge is 0.493 e. The number of rotatable bonds is 10. The lowest BCUT2D eigenvalue weighted by atomic mass is 10.1. The second kappa shape index (κ2) is 11.3. The van der Waals surface area contributed by atoms with E-state index in [0.717, 1.165) is 33.9 Å². The standard InChI is InChI=1S/C30H30N2O6/c1-20-4-8-23(9-5-20)31-30(33)27-13-10-24(38-27)18-32(16-21-6-11-25(34-2)28(14-21)35-3)17-22-7-12-26-29(15-22)37-19-36-26/h4-15H,16-19H2,1-3H3,(H,31,33). The summed E-state index contributed by atoms with van der Waals surface area (Å²) < 4.78 is 27.9. The average Bonchev–Trinajstić information content (AvgIpc) is 3.59. The summed E-state index contributed by atoms with van der Waals surface area (Å²) in [4.78, 5) is 15.0. The third-order valence-electron chi connectivity index (χ3n) is 6.27. The van der Waals surface area contributed by atoms with Crippen LogP contribution in [0.4, 0.5) is 5.69 Å². The van der Waals surface area contributed by atoms with Gasteiger partial charge in [0.05, 0.1) is 20.8 Å². The van der Waals surface area contributed by atoms with Crippen LogP contribution in [-0.4, -0.2) is 31.8 Å². The van der Waals surface area contributed by atoms with Crippen molar-refractivity contribution in [1.82, 2.24) is 4.90 Å². The van der Waals surface area contributed by atoms with Crippen molar-refractivity contribution in [1.29, 1.82) is 0 Å². The fourth-order valence-electron chi connectivity index (χ4n) is 4.34. The van der Waals surface area contributed by atoms with Crippen LogP contribution in [-0.2, 0) is 19.6 Å². The molecule has 0 saturated carbocycles. The van der Waals surface area contributed by atoms with Crippen molar-refractivity contribution in [3.05, 3.63) is 101 Å². The van der Waals surface area contributed by atoms with Gasteiger partial charge in [-0.3, -0.25) is 9.69 Å². The van der Waals surface area contributed by atoms with Crippen molar-refractivity contribution < 1.29 is 28.2 Å². The quantitative estimate of drug-likeness (QED) is 0.287. The number of nitrogens with one attached hydrogen (secondary N) is 1. The van der Waals surface area contributed by atoms with E-state index in [0.29, 0.717) is 36.9 Å². The maximum atomic E-state index is 12.7. The normalized spacial score (nSPS) is 12.0. The molecule has 1 amide bonds. The second-order valence-electron chi connectivity index (χ2n) is 9.11. The zero-order valence-electron chi connectivity index (χ0n) is 21.7. The lowest BCUT2D eigenvalue weighted by molar-refractivity contribution is 0.0992. The van der Waals surface area contributed by atoms with Gasteiger partial charge in [-0.25, -0.2) is 0 Å². The first-order chi connectivity index (χ1) is 18.5. The van der Waals surface area contributed by atoms with E-state index < -0.39 is 0 Å². The average molecular weight is 515 g/mol. The third-order valence-corrected chi connectivity index (χ3v) is 6.27. The molecule has 8 nitrogen and oxygen atoms in total. The van der Waals surface area contributed by atoms with Crippen LogP contribution in [0.2, 0.25) is 0 Å². The topological polar surface area (TPSA) is 82.4 Å². The Morgan fingerprint density at radius 3 is 2.29 bits per heavy atom. The summed E-state index contributed by atoms with van der Waals surface area (Å²) in [6.45, 7) is 3.95. The molecule has 8 heteroatoms. The summed E-state index contributed by atoms with van der Waals surface area (Å²) in [5.74, 6) is 3.48. The van der Waals surface area contributed by atoms with Gasteiger partial charge < -0.3 is 28.7 Å². The molecule has 4 aromatic rings. The summed E-state index contributed by atoms with van der Waals surface area (Å²) in [5.41, 5.74) is 3.96. The first-order valence-corrected chi connectivity index (χ1v) is 12.3. The van der Waals surface area contributed by atoms with E-state index in [-0.39, 0.29) is 18.5 Å². The van der Waals surface area contributed by atoms with Gasteiger partial charge in [-0.1, -0.05) is 29.8 Å². The summed E-state index contributed by atoms with van der Waals surface area (Å²) in [7, 11) is 3.24. The van der Waals surface area contributed by atoms with Gasteiger partial charge in [0.1, 0.15) is 5.76 Å². The number of aryl methyl sites for hydroxylation is 1. The Hall–Kier alpha value is -4.43. The van der Waals surface area contributed by atoms with E-state index in [1.807, 2.05) is 73.7 Å². The molecule has 5 rings (SSSR count). The van der Waals surface area contributed by atoms with Crippen LogP contribution in [0.15, 0.2) is 77.2 Å². The van der Waals surface area contributed by atoms with E-state index in [4.69, 9.17) is 23.4 Å². The summed E-state index contributed by atoms with van der Waals surface area (Å²) >= 11 is 0. The highest BCUT2D eigenvalue weighted by molar-refractivity contribution is 6.02. The van der Waals surface area contributed by atoms with E-state index in [1.54, 1.807) is 20.3 Å². The molecule has 0 bridgehead atoms. The molecule has 0 fully saturated rings. The molecule has 0 aliphatic carbocycles. The zero-order chi connectivity index (χ0) is 26.5. The lowest BCUT2D eigenvalue weighted by Gasteiger charge is -2.22. The van der Waals surface area contributed by atoms with Crippen molar-refractivity contribution in [2.75, 3.05) is 26.3 Å². The summed E-state index contributed by atoms with van der Waals surface area (Å²) in [5, 5.41) is 2.88. The number of furan rings is 1. The van der Waals surface area contributed by atoms with E-state index in [1.165, 1.54) is 0 Å². The number of benzene rings is 3. The van der Waals surface area contributed by atoms with Crippen LogP contribution in [0.1, 0.15) is 33.0 Å². The van der Waals surface area contributed by atoms with Crippen LogP contribution in [0.3, 0.4) is 0 Å². The van der Waals surface area contributed by atoms with Gasteiger partial charge in [0.25, 0.3) is 5.91 Å². The molecule has 0 radical (unpaired) electrons. The Bertz CT molecular complexity index is 1410. The van der Waals surface area contributed by atoms with E-state index in [2.05, 4.69) is 10.2 Å². The fourth-order valence-corrected chi connectivity index (χ4v) is 4.34. The maximum Gasteiger partial charge on any atom is 0.291 e. The summed E-state index contributed by atoms with van der Waals surface area (Å²) in [6, 6.07) is 23.0. The number of nitrogens with zero attached hydrogens (tertiary/aromatic N) is 1. The molecule has 0 atom stereocenters. The Balaban J connectivity index is 1.34. The lowest BCUT2D eigenvalue weighted by Crippen LogP contribution is -2.22. The SMILES string of the molecule is COc1ccc(CN(Cc2ccc3c(c2)OCO3)Cc2ccc(C(=O)Nc3ccc(C)cc3)o2)cc1OC. The first kappa shape index (κ1) is 25.2. The minimum Gasteiger partial charge on any atom is -0.493 e. The number of hydrogen-bond acceptors (Lipinski definition) is 7. The van der Waals surface area contributed by atoms with Crippen molar-refractivity contribution in [2.24, 2.45) is 0 Å². The van der Waals surface area contributed by atoms with Crippen LogP contribution >= 0.6 is 0 Å². The molecule has 38 heavy (non-hydrogen) atoms. The Morgan fingerprint density at radius 2 is 1.53 bits per heavy atom.